The molecule has 5 rings (SSSR count). The van der Waals surface area contributed by atoms with Crippen LogP contribution in [0.4, 0.5) is 0 Å². The smallest absolute Gasteiger partial charge is 0.128 e. The van der Waals surface area contributed by atoms with Crippen LogP contribution in [0.2, 0.25) is 0 Å². The molecule has 286 valence electrons. The van der Waals surface area contributed by atoms with E-state index in [1.807, 2.05) is 0 Å². The maximum Gasteiger partial charge on any atom is 0.128 e. The van der Waals surface area contributed by atoms with Gasteiger partial charge in [-0.25, -0.2) is 0 Å². The average Bonchev–Trinajstić information content (AvgIpc) is 3.05. The van der Waals surface area contributed by atoms with Gasteiger partial charge in [0, 0.05) is 30.4 Å². The summed E-state index contributed by atoms with van der Waals surface area (Å²) < 4.78 is 25.3. The summed E-state index contributed by atoms with van der Waals surface area (Å²) in [5, 5.41) is 12.7. The van der Waals surface area contributed by atoms with Gasteiger partial charge in [0.15, 0.2) is 0 Å². The molecule has 0 saturated heterocycles. The highest BCUT2D eigenvalue weighted by Gasteiger charge is 2.31. The second kappa shape index (κ2) is 14.4. The van der Waals surface area contributed by atoms with Crippen molar-refractivity contribution in [2.75, 3.05) is 28.4 Å². The van der Waals surface area contributed by atoms with E-state index in [-0.39, 0.29) is 21.7 Å². The summed E-state index contributed by atoms with van der Waals surface area (Å²) in [6, 6.07) is 17.9. The third-order valence-corrected chi connectivity index (χ3v) is 10.9. The number of methoxy groups -OCH3 is 4. The highest BCUT2D eigenvalue weighted by Crippen LogP contribution is 2.46. The summed E-state index contributed by atoms with van der Waals surface area (Å²) >= 11 is 0. The Balaban J connectivity index is 2.00. The van der Waals surface area contributed by atoms with Crippen molar-refractivity contribution in [2.24, 2.45) is 0 Å². The van der Waals surface area contributed by atoms with Gasteiger partial charge in [0.25, 0.3) is 0 Å². The molecule has 0 aromatic heterocycles. The number of hydrogen-bond acceptors (Lipinski definition) is 5. The minimum atomic E-state index is -1.02. The molecular weight excluding hydrogens is 657 g/mol. The number of fused-ring (bicyclic) bond motifs is 8. The Morgan fingerprint density at radius 2 is 0.585 bits per heavy atom. The van der Waals surface area contributed by atoms with Crippen LogP contribution in [-0.2, 0) is 40.9 Å². The molecule has 5 nitrogen and oxygen atoms in total. The molecule has 0 spiro atoms. The summed E-state index contributed by atoms with van der Waals surface area (Å²) in [6.07, 6.45) is 0.726. The van der Waals surface area contributed by atoms with Crippen molar-refractivity contribution in [3.05, 3.63) is 115 Å². The first-order valence-electron chi connectivity index (χ1n) is 19.0. The van der Waals surface area contributed by atoms with Gasteiger partial charge < -0.3 is 24.1 Å². The Kier molecular flexibility index (Phi) is 10.9. The second-order valence-electron chi connectivity index (χ2n) is 19.1. The van der Waals surface area contributed by atoms with Crippen LogP contribution < -0.4 is 18.9 Å². The lowest BCUT2D eigenvalue weighted by atomic mass is 9.78. The minimum Gasteiger partial charge on any atom is -0.496 e. The lowest BCUT2D eigenvalue weighted by Gasteiger charge is -2.30. The Hall–Kier alpha value is -3.96. The van der Waals surface area contributed by atoms with Crippen LogP contribution in [0.25, 0.3) is 0 Å². The molecule has 0 fully saturated rings. The van der Waals surface area contributed by atoms with Crippen LogP contribution in [0.3, 0.4) is 0 Å². The van der Waals surface area contributed by atoms with Crippen molar-refractivity contribution < 1.29 is 24.1 Å². The van der Waals surface area contributed by atoms with Gasteiger partial charge in [0.2, 0.25) is 0 Å². The molecule has 0 amide bonds. The van der Waals surface area contributed by atoms with Gasteiger partial charge >= 0.3 is 0 Å². The van der Waals surface area contributed by atoms with E-state index in [1.165, 1.54) is 11.1 Å². The van der Waals surface area contributed by atoms with Gasteiger partial charge in [0.05, 0.1) is 28.4 Å². The van der Waals surface area contributed by atoms with Gasteiger partial charge in [-0.05, 0) is 89.4 Å². The molecule has 1 aliphatic carbocycles. The van der Waals surface area contributed by atoms with Crippen LogP contribution in [0.15, 0.2) is 48.5 Å². The van der Waals surface area contributed by atoms with Crippen molar-refractivity contribution in [3.8, 4) is 23.0 Å². The highest BCUT2D eigenvalue weighted by atomic mass is 16.5. The summed E-state index contributed by atoms with van der Waals surface area (Å²) in [6.45, 7) is 26.8. The Morgan fingerprint density at radius 1 is 0.377 bits per heavy atom. The largest absolute Gasteiger partial charge is 0.496 e. The highest BCUT2D eigenvalue weighted by molar-refractivity contribution is 5.60. The van der Waals surface area contributed by atoms with Gasteiger partial charge in [0.1, 0.15) is 29.1 Å². The van der Waals surface area contributed by atoms with E-state index in [2.05, 4.69) is 132 Å². The zero-order chi connectivity index (χ0) is 39.4. The molecule has 0 radical (unpaired) electrons. The van der Waals surface area contributed by atoms with Crippen LogP contribution >= 0.6 is 0 Å². The normalized spacial score (nSPS) is 14.2. The SMILES string of the molecule is COc1c2cc(C(C)(C)C)cc1Cc1cc(C(C)(C)C)cc(c1OC)C(O)c1cc(C(C)(C)C)cc(c1OC)Cc1cc(C(C)(C)C)cc(c1OC)C2. The first-order chi connectivity index (χ1) is 24.5. The molecule has 4 aromatic carbocycles. The second-order valence-corrected chi connectivity index (χ2v) is 19.1. The van der Waals surface area contributed by atoms with E-state index in [0.29, 0.717) is 30.8 Å². The fourth-order valence-corrected chi connectivity index (χ4v) is 7.67. The van der Waals surface area contributed by atoms with Gasteiger partial charge in [-0.15, -0.1) is 0 Å². The summed E-state index contributed by atoms with van der Waals surface area (Å²) in [7, 11) is 6.96. The zero-order valence-corrected chi connectivity index (χ0v) is 35.4. The standard InChI is InChI=1S/C48H64O5/c1-45(2,3)34-20-28-17-29-21-35(46(4,5)6)23-31(42(29)51-14)19-33-25-37(48(10,11)12)27-39(44(33)53-16)40(49)38-26-36(47(7,8)9)24-32(43(38)52-15)18-30(22-34)41(28)50-13/h20-27,40,49H,17-19H2,1-16H3. The number of aliphatic hydroxyl groups excluding tert-OH is 1. The molecule has 0 saturated carbocycles. The zero-order valence-electron chi connectivity index (χ0n) is 35.4. The van der Waals surface area contributed by atoms with Gasteiger partial charge in [-0.1, -0.05) is 119 Å². The van der Waals surface area contributed by atoms with Crippen molar-refractivity contribution in [3.63, 3.8) is 0 Å². The van der Waals surface area contributed by atoms with Gasteiger partial charge in [-0.3, -0.25) is 0 Å². The average molecular weight is 721 g/mol. The molecule has 0 atom stereocenters. The fourth-order valence-electron chi connectivity index (χ4n) is 7.67. The molecule has 5 heteroatoms. The van der Waals surface area contributed by atoms with Crippen molar-refractivity contribution in [2.45, 2.75) is 130 Å². The number of aliphatic hydroxyl groups is 1. The molecule has 53 heavy (non-hydrogen) atoms. The maximum absolute atomic E-state index is 12.7. The van der Waals surface area contributed by atoms with E-state index in [9.17, 15) is 5.11 Å². The summed E-state index contributed by atoms with van der Waals surface area (Å²) in [5.74, 6) is 3.08. The summed E-state index contributed by atoms with van der Waals surface area (Å²) in [4.78, 5) is 0. The van der Waals surface area contributed by atoms with Crippen LogP contribution in [0.5, 0.6) is 23.0 Å². The fraction of sp³-hybridized carbons (Fsp3) is 0.500. The molecule has 0 aliphatic heterocycles. The molecule has 8 bridgehead atoms. The quantitative estimate of drug-likeness (QED) is 0.227. The van der Waals surface area contributed by atoms with Crippen molar-refractivity contribution >= 4 is 0 Å². The Morgan fingerprint density at radius 3 is 0.792 bits per heavy atom. The Bertz CT molecular complexity index is 1850. The summed E-state index contributed by atoms with van der Waals surface area (Å²) in [5.41, 5.74) is 11.9. The van der Waals surface area contributed by atoms with Crippen LogP contribution in [0.1, 0.15) is 156 Å². The van der Waals surface area contributed by atoms with Crippen LogP contribution in [0, 0.1) is 0 Å². The lowest BCUT2D eigenvalue weighted by molar-refractivity contribution is 0.208. The molecule has 1 N–H and O–H groups in total. The molecule has 1 aliphatic rings. The van der Waals surface area contributed by atoms with Crippen LogP contribution in [-0.4, -0.2) is 33.5 Å². The number of benzene rings is 4. The van der Waals surface area contributed by atoms with E-state index in [1.54, 1.807) is 28.4 Å². The van der Waals surface area contributed by atoms with Gasteiger partial charge in [-0.2, -0.15) is 0 Å². The van der Waals surface area contributed by atoms with E-state index in [0.717, 1.165) is 67.1 Å². The molecule has 0 unspecified atom stereocenters. The van der Waals surface area contributed by atoms with Crippen molar-refractivity contribution in [1.29, 1.82) is 0 Å². The first-order valence-corrected chi connectivity index (χ1v) is 19.0. The van der Waals surface area contributed by atoms with E-state index >= 15 is 0 Å². The van der Waals surface area contributed by atoms with Crippen molar-refractivity contribution in [1.82, 2.24) is 0 Å². The van der Waals surface area contributed by atoms with E-state index < -0.39 is 6.10 Å². The first kappa shape index (κ1) is 40.2. The van der Waals surface area contributed by atoms with E-state index in [4.69, 9.17) is 18.9 Å². The maximum atomic E-state index is 12.7. The predicted octanol–water partition coefficient (Wildman–Crippen LogP) is 11.1. The molecular formula is C48H64O5. The number of hydrogen-bond donors (Lipinski definition) is 1. The monoisotopic (exact) mass is 720 g/mol. The third kappa shape index (κ3) is 8.11. The lowest BCUT2D eigenvalue weighted by Crippen LogP contribution is -2.18. The molecule has 0 heterocycles. The predicted molar refractivity (Wildman–Crippen MR) is 219 cm³/mol. The molecule has 4 aromatic rings. The topological polar surface area (TPSA) is 57.2 Å². The number of ether oxygens (including phenoxy) is 4. The minimum absolute atomic E-state index is 0.109. The number of rotatable bonds is 4. The third-order valence-electron chi connectivity index (χ3n) is 10.9. The Labute approximate surface area is 320 Å².